The first-order chi connectivity index (χ1) is 7.72. The van der Waals surface area contributed by atoms with Crippen molar-refractivity contribution < 1.29 is 4.79 Å². The van der Waals surface area contributed by atoms with Crippen LogP contribution in [0.15, 0.2) is 0 Å². The highest BCUT2D eigenvalue weighted by atomic mass is 16.2. The summed E-state index contributed by atoms with van der Waals surface area (Å²) in [4.78, 5) is 14.5. The molecular weight excluding hydrogens is 200 g/mol. The van der Waals surface area contributed by atoms with E-state index >= 15 is 0 Å². The van der Waals surface area contributed by atoms with Gasteiger partial charge in [0.05, 0.1) is 5.92 Å². The number of likely N-dealkylation sites (tertiary alicyclic amines) is 1. The van der Waals surface area contributed by atoms with Crippen molar-refractivity contribution in [1.29, 1.82) is 0 Å². The lowest BCUT2D eigenvalue weighted by Crippen LogP contribution is -2.44. The van der Waals surface area contributed by atoms with Crippen molar-refractivity contribution in [3.8, 4) is 0 Å². The van der Waals surface area contributed by atoms with Crippen LogP contribution in [0.2, 0.25) is 0 Å². The van der Waals surface area contributed by atoms with Gasteiger partial charge in [-0.2, -0.15) is 0 Å². The lowest BCUT2D eigenvalue weighted by molar-refractivity contribution is -0.137. The molecule has 1 N–H and O–H groups in total. The van der Waals surface area contributed by atoms with Crippen LogP contribution in [-0.4, -0.2) is 37.0 Å². The third-order valence-corrected chi connectivity index (χ3v) is 4.24. The molecule has 1 amide bonds. The fourth-order valence-corrected chi connectivity index (χ4v) is 2.97. The van der Waals surface area contributed by atoms with Gasteiger partial charge in [0, 0.05) is 19.6 Å². The van der Waals surface area contributed by atoms with Crippen LogP contribution in [0, 0.1) is 17.8 Å². The van der Waals surface area contributed by atoms with Crippen molar-refractivity contribution in [2.75, 3.05) is 26.2 Å². The molecule has 2 rings (SSSR count). The number of piperidine rings is 1. The minimum atomic E-state index is 0.232. The topological polar surface area (TPSA) is 32.3 Å². The summed E-state index contributed by atoms with van der Waals surface area (Å²) >= 11 is 0. The molecule has 0 radical (unpaired) electrons. The number of carbonyl (C=O) groups is 1. The Morgan fingerprint density at radius 1 is 1.44 bits per heavy atom. The van der Waals surface area contributed by atoms with E-state index in [0.717, 1.165) is 32.1 Å². The van der Waals surface area contributed by atoms with Crippen LogP contribution < -0.4 is 5.32 Å². The van der Waals surface area contributed by atoms with Crippen molar-refractivity contribution in [1.82, 2.24) is 10.2 Å². The van der Waals surface area contributed by atoms with Gasteiger partial charge in [0.25, 0.3) is 0 Å². The lowest BCUT2D eigenvalue weighted by Gasteiger charge is -2.34. The number of rotatable bonds is 2. The summed E-state index contributed by atoms with van der Waals surface area (Å²) in [6.45, 7) is 8.29. The first-order valence-electron chi connectivity index (χ1n) is 6.72. The van der Waals surface area contributed by atoms with Gasteiger partial charge in [0.1, 0.15) is 0 Å². The van der Waals surface area contributed by atoms with Gasteiger partial charge in [0.2, 0.25) is 5.91 Å². The Morgan fingerprint density at radius 2 is 2.25 bits per heavy atom. The molecule has 3 atom stereocenters. The van der Waals surface area contributed by atoms with Crippen LogP contribution in [0.3, 0.4) is 0 Å². The average molecular weight is 224 g/mol. The summed E-state index contributed by atoms with van der Waals surface area (Å²) < 4.78 is 0. The maximum Gasteiger partial charge on any atom is 0.227 e. The highest BCUT2D eigenvalue weighted by Gasteiger charge is 2.34. The molecule has 3 heteroatoms. The third kappa shape index (κ3) is 2.40. The number of amides is 1. The number of hydrogen-bond donors (Lipinski definition) is 1. The highest BCUT2D eigenvalue weighted by Crippen LogP contribution is 2.24. The van der Waals surface area contributed by atoms with Crippen molar-refractivity contribution in [2.45, 2.75) is 33.1 Å². The molecule has 92 valence electrons. The second-order valence-electron chi connectivity index (χ2n) is 5.44. The van der Waals surface area contributed by atoms with Gasteiger partial charge < -0.3 is 10.2 Å². The second kappa shape index (κ2) is 5.17. The average Bonchev–Trinajstić information content (AvgIpc) is 2.74. The monoisotopic (exact) mass is 224 g/mol. The van der Waals surface area contributed by atoms with E-state index < -0.39 is 0 Å². The smallest absolute Gasteiger partial charge is 0.227 e. The van der Waals surface area contributed by atoms with E-state index in [1.54, 1.807) is 0 Å². The summed E-state index contributed by atoms with van der Waals surface area (Å²) in [5, 5.41) is 3.32. The summed E-state index contributed by atoms with van der Waals surface area (Å²) in [7, 11) is 0. The Hall–Kier alpha value is -0.570. The van der Waals surface area contributed by atoms with E-state index in [4.69, 9.17) is 0 Å². The molecule has 3 unspecified atom stereocenters. The van der Waals surface area contributed by atoms with Crippen LogP contribution in [0.5, 0.6) is 0 Å². The zero-order chi connectivity index (χ0) is 11.5. The van der Waals surface area contributed by atoms with Crippen molar-refractivity contribution in [3.63, 3.8) is 0 Å². The van der Waals surface area contributed by atoms with Crippen LogP contribution in [0.1, 0.15) is 33.1 Å². The van der Waals surface area contributed by atoms with Crippen LogP contribution >= 0.6 is 0 Å². The molecule has 2 aliphatic rings. The standard InChI is InChI=1S/C13H24N2O/c1-3-11-5-4-6-15(9-11)13(16)12-8-14-7-10(12)2/h10-12,14H,3-9H2,1-2H3. The maximum absolute atomic E-state index is 12.4. The van der Waals surface area contributed by atoms with E-state index in [0.29, 0.717) is 11.8 Å². The predicted octanol–water partition coefficient (Wildman–Crippen LogP) is 1.49. The van der Waals surface area contributed by atoms with E-state index in [2.05, 4.69) is 24.1 Å². The SMILES string of the molecule is CCC1CCCN(C(=O)C2CNCC2C)C1. The maximum atomic E-state index is 12.4. The van der Waals surface area contributed by atoms with Gasteiger partial charge in [-0.15, -0.1) is 0 Å². The van der Waals surface area contributed by atoms with Crippen molar-refractivity contribution in [2.24, 2.45) is 17.8 Å². The van der Waals surface area contributed by atoms with Crippen LogP contribution in [-0.2, 0) is 4.79 Å². The summed E-state index contributed by atoms with van der Waals surface area (Å²) in [5.74, 6) is 1.88. The normalized spacial score (nSPS) is 35.4. The zero-order valence-electron chi connectivity index (χ0n) is 10.5. The van der Waals surface area contributed by atoms with E-state index in [1.807, 2.05) is 0 Å². The van der Waals surface area contributed by atoms with Gasteiger partial charge >= 0.3 is 0 Å². The number of nitrogens with one attached hydrogen (secondary N) is 1. The molecular formula is C13H24N2O. The Bertz CT molecular complexity index is 254. The lowest BCUT2D eigenvalue weighted by atomic mass is 9.92. The van der Waals surface area contributed by atoms with E-state index in [1.165, 1.54) is 19.3 Å². The molecule has 2 aliphatic heterocycles. The van der Waals surface area contributed by atoms with Crippen LogP contribution in [0.4, 0.5) is 0 Å². The Kier molecular flexibility index (Phi) is 3.85. The third-order valence-electron chi connectivity index (χ3n) is 4.24. The molecule has 2 fully saturated rings. The molecule has 0 saturated carbocycles. The minimum Gasteiger partial charge on any atom is -0.342 e. The number of nitrogens with zero attached hydrogens (tertiary/aromatic N) is 1. The molecule has 2 heterocycles. The van der Waals surface area contributed by atoms with E-state index in [9.17, 15) is 4.79 Å². The first-order valence-corrected chi connectivity index (χ1v) is 6.72. The highest BCUT2D eigenvalue weighted by molar-refractivity contribution is 5.79. The second-order valence-corrected chi connectivity index (χ2v) is 5.44. The van der Waals surface area contributed by atoms with Crippen LogP contribution in [0.25, 0.3) is 0 Å². The molecule has 16 heavy (non-hydrogen) atoms. The molecule has 0 aliphatic carbocycles. The minimum absolute atomic E-state index is 0.232. The van der Waals surface area contributed by atoms with Gasteiger partial charge in [-0.3, -0.25) is 4.79 Å². The predicted molar refractivity (Wildman–Crippen MR) is 65.1 cm³/mol. The van der Waals surface area contributed by atoms with E-state index in [-0.39, 0.29) is 5.92 Å². The zero-order valence-corrected chi connectivity index (χ0v) is 10.5. The number of hydrogen-bond acceptors (Lipinski definition) is 2. The largest absolute Gasteiger partial charge is 0.342 e. The number of carbonyl (C=O) groups excluding carboxylic acids is 1. The molecule has 2 saturated heterocycles. The fraction of sp³-hybridized carbons (Fsp3) is 0.923. The summed E-state index contributed by atoms with van der Waals surface area (Å²) in [5.41, 5.74) is 0. The van der Waals surface area contributed by atoms with Gasteiger partial charge in [0.15, 0.2) is 0 Å². The molecule has 0 bridgehead atoms. The Balaban J connectivity index is 1.93. The quantitative estimate of drug-likeness (QED) is 0.771. The van der Waals surface area contributed by atoms with Gasteiger partial charge in [-0.25, -0.2) is 0 Å². The molecule has 0 aromatic rings. The van der Waals surface area contributed by atoms with Crippen molar-refractivity contribution >= 4 is 5.91 Å². The Labute approximate surface area is 98.6 Å². The fourth-order valence-electron chi connectivity index (χ4n) is 2.97. The first kappa shape index (κ1) is 11.9. The van der Waals surface area contributed by atoms with Crippen molar-refractivity contribution in [3.05, 3.63) is 0 Å². The molecule has 0 aromatic carbocycles. The summed E-state index contributed by atoms with van der Waals surface area (Å²) in [6, 6.07) is 0. The molecule has 0 aromatic heterocycles. The molecule has 0 spiro atoms. The Morgan fingerprint density at radius 3 is 2.88 bits per heavy atom. The van der Waals surface area contributed by atoms with Gasteiger partial charge in [-0.05, 0) is 31.2 Å². The van der Waals surface area contributed by atoms with Gasteiger partial charge in [-0.1, -0.05) is 20.3 Å². The summed E-state index contributed by atoms with van der Waals surface area (Å²) in [6.07, 6.45) is 3.71. The molecule has 3 nitrogen and oxygen atoms in total.